The maximum atomic E-state index is 11.2. The van der Waals surface area contributed by atoms with E-state index in [1.54, 1.807) is 0 Å². The molecular formula is C11H24N2O. The number of likely N-dealkylation sites (N-methyl/N-ethyl adjacent to an activating group) is 1. The highest BCUT2D eigenvalue weighted by molar-refractivity contribution is 5.75. The van der Waals surface area contributed by atoms with Crippen LogP contribution < -0.4 is 5.32 Å². The fourth-order valence-electron chi connectivity index (χ4n) is 1.06. The van der Waals surface area contributed by atoms with Crippen LogP contribution >= 0.6 is 0 Å². The molecule has 0 atom stereocenters. The molecule has 0 bridgehead atoms. The maximum Gasteiger partial charge on any atom is 0.220 e. The number of unbranched alkanes of at least 4 members (excludes halogenated alkanes) is 1. The highest BCUT2D eigenvalue weighted by Crippen LogP contribution is 1.94. The number of carbonyl (C=O) groups excluding carboxylic acids is 1. The molecule has 1 N–H and O–H groups in total. The zero-order valence-corrected chi connectivity index (χ0v) is 9.97. The average molecular weight is 200 g/mol. The summed E-state index contributed by atoms with van der Waals surface area (Å²) in [6.07, 6.45) is 2.74. The SMILES string of the molecule is CCCCC(=O)NCCN(C)C(C)C. The minimum atomic E-state index is 0.184. The molecule has 0 rings (SSSR count). The molecular weight excluding hydrogens is 176 g/mol. The third-order valence-corrected chi connectivity index (χ3v) is 2.43. The first-order valence-electron chi connectivity index (χ1n) is 5.54. The van der Waals surface area contributed by atoms with Crippen LogP contribution in [0.5, 0.6) is 0 Å². The Hall–Kier alpha value is -0.570. The lowest BCUT2D eigenvalue weighted by atomic mass is 10.2. The number of rotatable bonds is 7. The molecule has 14 heavy (non-hydrogen) atoms. The van der Waals surface area contributed by atoms with E-state index >= 15 is 0 Å². The van der Waals surface area contributed by atoms with E-state index < -0.39 is 0 Å². The van der Waals surface area contributed by atoms with Gasteiger partial charge in [0.2, 0.25) is 5.91 Å². The first-order chi connectivity index (χ1) is 6.57. The predicted molar refractivity (Wildman–Crippen MR) is 60.3 cm³/mol. The van der Waals surface area contributed by atoms with Gasteiger partial charge in [-0.15, -0.1) is 0 Å². The molecule has 0 unspecified atom stereocenters. The van der Waals surface area contributed by atoms with E-state index in [0.717, 1.165) is 25.9 Å². The first-order valence-corrected chi connectivity index (χ1v) is 5.54. The van der Waals surface area contributed by atoms with Gasteiger partial charge >= 0.3 is 0 Å². The molecule has 1 amide bonds. The number of hydrogen-bond acceptors (Lipinski definition) is 2. The van der Waals surface area contributed by atoms with Crippen molar-refractivity contribution >= 4 is 5.91 Å². The van der Waals surface area contributed by atoms with Crippen LogP contribution in [0.4, 0.5) is 0 Å². The van der Waals surface area contributed by atoms with Crippen LogP contribution in [0.3, 0.4) is 0 Å². The molecule has 0 spiro atoms. The van der Waals surface area contributed by atoms with Gasteiger partial charge in [0, 0.05) is 25.6 Å². The molecule has 0 heterocycles. The second-order valence-corrected chi connectivity index (χ2v) is 4.03. The van der Waals surface area contributed by atoms with Gasteiger partial charge in [0.1, 0.15) is 0 Å². The summed E-state index contributed by atoms with van der Waals surface area (Å²) < 4.78 is 0. The fourth-order valence-corrected chi connectivity index (χ4v) is 1.06. The summed E-state index contributed by atoms with van der Waals surface area (Å²) >= 11 is 0. The third kappa shape index (κ3) is 6.89. The standard InChI is InChI=1S/C11H24N2O/c1-5-6-7-11(14)12-8-9-13(4)10(2)3/h10H,5-9H2,1-4H3,(H,12,14). The van der Waals surface area contributed by atoms with Gasteiger partial charge in [-0.1, -0.05) is 13.3 Å². The monoisotopic (exact) mass is 200 g/mol. The van der Waals surface area contributed by atoms with Gasteiger partial charge in [-0.2, -0.15) is 0 Å². The smallest absolute Gasteiger partial charge is 0.220 e. The van der Waals surface area contributed by atoms with Crippen molar-refractivity contribution in [2.24, 2.45) is 0 Å². The minimum Gasteiger partial charge on any atom is -0.355 e. The van der Waals surface area contributed by atoms with Gasteiger partial charge in [-0.3, -0.25) is 4.79 Å². The number of carbonyl (C=O) groups is 1. The molecule has 3 nitrogen and oxygen atoms in total. The highest BCUT2D eigenvalue weighted by atomic mass is 16.1. The summed E-state index contributed by atoms with van der Waals surface area (Å²) in [6.45, 7) is 8.09. The van der Waals surface area contributed by atoms with E-state index in [1.165, 1.54) is 0 Å². The molecule has 0 aliphatic carbocycles. The number of nitrogens with zero attached hydrogens (tertiary/aromatic N) is 1. The Labute approximate surface area is 87.9 Å². The molecule has 0 aliphatic heterocycles. The summed E-state index contributed by atoms with van der Waals surface area (Å²) in [6, 6.07) is 0.544. The van der Waals surface area contributed by atoms with Gasteiger partial charge in [-0.25, -0.2) is 0 Å². The maximum absolute atomic E-state index is 11.2. The van der Waals surface area contributed by atoms with Crippen molar-refractivity contribution < 1.29 is 4.79 Å². The van der Waals surface area contributed by atoms with E-state index in [2.05, 4.69) is 38.0 Å². The Morgan fingerprint density at radius 1 is 1.43 bits per heavy atom. The van der Waals surface area contributed by atoms with Crippen molar-refractivity contribution in [2.45, 2.75) is 46.1 Å². The second-order valence-electron chi connectivity index (χ2n) is 4.03. The summed E-state index contributed by atoms with van der Waals surface area (Å²) in [4.78, 5) is 13.4. The fraction of sp³-hybridized carbons (Fsp3) is 0.909. The van der Waals surface area contributed by atoms with E-state index in [4.69, 9.17) is 0 Å². The lowest BCUT2D eigenvalue weighted by molar-refractivity contribution is -0.121. The van der Waals surface area contributed by atoms with Crippen LogP contribution in [0.2, 0.25) is 0 Å². The van der Waals surface area contributed by atoms with Gasteiger partial charge in [0.25, 0.3) is 0 Å². The van der Waals surface area contributed by atoms with Crippen LogP contribution in [0.25, 0.3) is 0 Å². The van der Waals surface area contributed by atoms with E-state index in [0.29, 0.717) is 12.5 Å². The molecule has 0 aliphatic rings. The lowest BCUT2D eigenvalue weighted by Gasteiger charge is -2.20. The zero-order chi connectivity index (χ0) is 11.0. The zero-order valence-electron chi connectivity index (χ0n) is 9.97. The van der Waals surface area contributed by atoms with Crippen LogP contribution in [-0.4, -0.2) is 37.0 Å². The molecule has 0 aromatic heterocycles. The van der Waals surface area contributed by atoms with E-state index in [9.17, 15) is 4.79 Å². The molecule has 0 saturated heterocycles. The van der Waals surface area contributed by atoms with Crippen molar-refractivity contribution in [1.29, 1.82) is 0 Å². The Morgan fingerprint density at radius 2 is 2.07 bits per heavy atom. The van der Waals surface area contributed by atoms with E-state index in [1.807, 2.05) is 0 Å². The summed E-state index contributed by atoms with van der Waals surface area (Å²) in [5, 5.41) is 2.92. The van der Waals surface area contributed by atoms with Crippen molar-refractivity contribution in [3.05, 3.63) is 0 Å². The Morgan fingerprint density at radius 3 is 2.57 bits per heavy atom. The topological polar surface area (TPSA) is 32.3 Å². The second kappa shape index (κ2) is 7.80. The molecule has 0 fully saturated rings. The van der Waals surface area contributed by atoms with Crippen molar-refractivity contribution in [2.75, 3.05) is 20.1 Å². The quantitative estimate of drug-likeness (QED) is 0.677. The largest absolute Gasteiger partial charge is 0.355 e. The molecule has 0 saturated carbocycles. The Bertz CT molecular complexity index is 157. The van der Waals surface area contributed by atoms with Gasteiger partial charge in [0.05, 0.1) is 0 Å². The van der Waals surface area contributed by atoms with Crippen LogP contribution in [0, 0.1) is 0 Å². The highest BCUT2D eigenvalue weighted by Gasteiger charge is 2.03. The van der Waals surface area contributed by atoms with Crippen LogP contribution in [-0.2, 0) is 4.79 Å². The molecule has 0 aromatic carbocycles. The lowest BCUT2D eigenvalue weighted by Crippen LogP contribution is -2.36. The molecule has 3 heteroatoms. The van der Waals surface area contributed by atoms with Crippen molar-refractivity contribution in [3.63, 3.8) is 0 Å². The van der Waals surface area contributed by atoms with Crippen LogP contribution in [0.15, 0.2) is 0 Å². The van der Waals surface area contributed by atoms with E-state index in [-0.39, 0.29) is 5.91 Å². The van der Waals surface area contributed by atoms with Gasteiger partial charge in [-0.05, 0) is 27.3 Å². The molecule has 84 valence electrons. The normalized spacial score (nSPS) is 11.0. The minimum absolute atomic E-state index is 0.184. The summed E-state index contributed by atoms with van der Waals surface area (Å²) in [7, 11) is 2.07. The number of amides is 1. The van der Waals surface area contributed by atoms with Gasteiger partial charge in [0.15, 0.2) is 0 Å². The summed E-state index contributed by atoms with van der Waals surface area (Å²) in [5.74, 6) is 0.184. The number of hydrogen-bond donors (Lipinski definition) is 1. The van der Waals surface area contributed by atoms with Crippen LogP contribution in [0.1, 0.15) is 40.0 Å². The third-order valence-electron chi connectivity index (χ3n) is 2.43. The number of nitrogens with one attached hydrogen (secondary N) is 1. The molecule has 0 aromatic rings. The molecule has 0 radical (unpaired) electrons. The predicted octanol–water partition coefficient (Wildman–Crippen LogP) is 1.63. The van der Waals surface area contributed by atoms with Gasteiger partial charge < -0.3 is 10.2 Å². The first kappa shape index (κ1) is 13.4. The Balaban J connectivity index is 3.39. The summed E-state index contributed by atoms with van der Waals surface area (Å²) in [5.41, 5.74) is 0. The average Bonchev–Trinajstić information content (AvgIpc) is 2.14. The Kier molecular flexibility index (Phi) is 7.48. The van der Waals surface area contributed by atoms with Crippen molar-refractivity contribution in [1.82, 2.24) is 10.2 Å². The van der Waals surface area contributed by atoms with Crippen molar-refractivity contribution in [3.8, 4) is 0 Å².